The smallest absolute Gasteiger partial charge is 0.200 e. The van der Waals surface area contributed by atoms with Crippen LogP contribution in [0.4, 0.5) is 10.2 Å². The number of nitrogens with one attached hydrogen (secondary N) is 1. The number of aromatic nitrogens is 1. The van der Waals surface area contributed by atoms with Crippen molar-refractivity contribution in [3.8, 4) is 0 Å². The second kappa shape index (κ2) is 11.2. The lowest BCUT2D eigenvalue weighted by molar-refractivity contribution is -0.114. The molecular formula is C32H33FN4O3. The SMILES string of the molecule is CN1CCCC1c1ccc(NC2=CC(c3ccc(F)c(CC(=O)c4ccc(C(C)(C)O)cc4)c3)=NCC2=O)nc1. The van der Waals surface area contributed by atoms with E-state index in [0.717, 1.165) is 18.5 Å². The first-order valence-electron chi connectivity index (χ1n) is 13.5. The number of aliphatic imine (C=N–C) groups is 1. The summed E-state index contributed by atoms with van der Waals surface area (Å²) < 4.78 is 14.7. The van der Waals surface area contributed by atoms with Crippen molar-refractivity contribution < 1.29 is 19.1 Å². The Labute approximate surface area is 233 Å². The van der Waals surface area contributed by atoms with E-state index in [1.165, 1.54) is 12.5 Å². The lowest BCUT2D eigenvalue weighted by Crippen LogP contribution is -2.22. The molecule has 1 saturated heterocycles. The number of anilines is 1. The van der Waals surface area contributed by atoms with Gasteiger partial charge in [-0.05, 0) is 87.3 Å². The number of likely N-dealkylation sites (tertiary alicyclic amines) is 1. The van der Waals surface area contributed by atoms with E-state index in [4.69, 9.17) is 0 Å². The number of dihydropyridines is 1. The minimum absolute atomic E-state index is 0.0433. The van der Waals surface area contributed by atoms with Crippen LogP contribution in [0, 0.1) is 5.82 Å². The molecule has 3 aromatic rings. The molecular weight excluding hydrogens is 507 g/mol. The first-order chi connectivity index (χ1) is 19.1. The molecule has 0 bridgehead atoms. The fourth-order valence-electron chi connectivity index (χ4n) is 5.14. The van der Waals surface area contributed by atoms with E-state index in [2.05, 4.69) is 27.2 Å². The molecule has 0 amide bonds. The van der Waals surface area contributed by atoms with Crippen LogP contribution in [0.5, 0.6) is 0 Å². The summed E-state index contributed by atoms with van der Waals surface area (Å²) in [6.07, 6.45) is 5.63. The Balaban J connectivity index is 1.31. The fourth-order valence-corrected chi connectivity index (χ4v) is 5.14. The fraction of sp³-hybridized carbons (Fsp3) is 0.312. The van der Waals surface area contributed by atoms with E-state index >= 15 is 0 Å². The number of allylic oxidation sites excluding steroid dienone is 1. The molecule has 8 heteroatoms. The number of hydrogen-bond acceptors (Lipinski definition) is 7. The molecule has 7 nitrogen and oxygen atoms in total. The van der Waals surface area contributed by atoms with Gasteiger partial charge >= 0.3 is 0 Å². The molecule has 2 aliphatic rings. The van der Waals surface area contributed by atoms with Gasteiger partial charge in [-0.15, -0.1) is 0 Å². The Morgan fingerprint density at radius 1 is 1.15 bits per heavy atom. The number of rotatable bonds is 8. The normalized spacial score (nSPS) is 17.9. The lowest BCUT2D eigenvalue weighted by Gasteiger charge is -2.20. The van der Waals surface area contributed by atoms with Crippen LogP contribution >= 0.6 is 0 Å². The zero-order chi connectivity index (χ0) is 28.4. The Kier molecular flexibility index (Phi) is 7.74. The molecule has 5 rings (SSSR count). The number of aliphatic hydroxyl groups is 1. The molecule has 1 atom stereocenters. The van der Waals surface area contributed by atoms with Gasteiger partial charge in [0.15, 0.2) is 11.6 Å². The molecule has 2 N–H and O–H groups in total. The monoisotopic (exact) mass is 540 g/mol. The van der Waals surface area contributed by atoms with E-state index < -0.39 is 11.4 Å². The Bertz CT molecular complexity index is 1490. The molecule has 2 aromatic carbocycles. The first kappa shape index (κ1) is 27.6. The van der Waals surface area contributed by atoms with Gasteiger partial charge in [0.25, 0.3) is 0 Å². The predicted octanol–water partition coefficient (Wildman–Crippen LogP) is 5.01. The van der Waals surface area contributed by atoms with E-state index in [-0.39, 0.29) is 30.1 Å². The summed E-state index contributed by atoms with van der Waals surface area (Å²) in [4.78, 5) is 36.7. The summed E-state index contributed by atoms with van der Waals surface area (Å²) in [5.74, 6) is -0.337. The van der Waals surface area contributed by atoms with Crippen molar-refractivity contribution in [2.45, 2.75) is 44.8 Å². The van der Waals surface area contributed by atoms with Gasteiger partial charge in [0.05, 0.1) is 17.0 Å². The number of halogens is 1. The second-order valence-corrected chi connectivity index (χ2v) is 11.0. The van der Waals surface area contributed by atoms with Gasteiger partial charge < -0.3 is 10.4 Å². The zero-order valence-electron chi connectivity index (χ0n) is 22.9. The predicted molar refractivity (Wildman–Crippen MR) is 153 cm³/mol. The number of Topliss-reactive ketones (excluding diaryl/α,β-unsaturated/α-hetero) is 2. The standard InChI is InChI=1S/C32H33FN4O3/c1-32(2,40)24-10-6-20(7-11-24)29(38)16-23-15-21(8-12-25(23)33)26-17-27(30(39)19-34-26)36-31-13-9-22(18-35-31)28-5-4-14-37(28)3/h6-13,15,17-18,28,40H,4-5,14,16,19H2,1-3H3,(H,35,36). The maximum atomic E-state index is 14.7. The maximum Gasteiger partial charge on any atom is 0.200 e. The van der Waals surface area contributed by atoms with Gasteiger partial charge in [0, 0.05) is 29.8 Å². The van der Waals surface area contributed by atoms with Crippen LogP contribution in [0.3, 0.4) is 0 Å². The molecule has 206 valence electrons. The lowest BCUT2D eigenvalue weighted by atomic mass is 9.94. The number of carbonyl (C=O) groups is 2. The number of pyridine rings is 1. The van der Waals surface area contributed by atoms with E-state index in [1.54, 1.807) is 56.3 Å². The summed E-state index contributed by atoms with van der Waals surface area (Å²) in [5, 5.41) is 13.3. The van der Waals surface area contributed by atoms with Crippen molar-refractivity contribution in [3.05, 3.63) is 106 Å². The first-order valence-corrected chi connectivity index (χ1v) is 13.5. The summed E-state index contributed by atoms with van der Waals surface area (Å²) in [6.45, 7) is 4.37. The zero-order valence-corrected chi connectivity index (χ0v) is 22.9. The molecule has 1 fully saturated rings. The number of hydrogen-bond donors (Lipinski definition) is 2. The van der Waals surface area contributed by atoms with Crippen molar-refractivity contribution >= 4 is 23.1 Å². The number of nitrogens with zero attached hydrogens (tertiary/aromatic N) is 3. The van der Waals surface area contributed by atoms with Crippen LogP contribution in [-0.2, 0) is 16.8 Å². The van der Waals surface area contributed by atoms with Crippen molar-refractivity contribution in [1.82, 2.24) is 9.88 Å². The highest BCUT2D eigenvalue weighted by atomic mass is 19.1. The highest BCUT2D eigenvalue weighted by Crippen LogP contribution is 2.30. The number of benzene rings is 2. The molecule has 1 aromatic heterocycles. The summed E-state index contributed by atoms with van der Waals surface area (Å²) in [7, 11) is 2.11. The van der Waals surface area contributed by atoms with Gasteiger partial charge in [0.2, 0.25) is 0 Å². The topological polar surface area (TPSA) is 94.9 Å². The Hall–Kier alpha value is -4.01. The molecule has 3 heterocycles. The third-order valence-corrected chi connectivity index (χ3v) is 7.53. The summed E-state index contributed by atoms with van der Waals surface area (Å²) in [6, 6.07) is 15.5. The molecule has 2 aliphatic heterocycles. The molecule has 0 saturated carbocycles. The highest BCUT2D eigenvalue weighted by Gasteiger charge is 2.23. The van der Waals surface area contributed by atoms with Gasteiger partial charge in [-0.2, -0.15) is 0 Å². The minimum atomic E-state index is -1.02. The van der Waals surface area contributed by atoms with Crippen LogP contribution in [0.2, 0.25) is 0 Å². The van der Waals surface area contributed by atoms with Crippen LogP contribution in [-0.4, -0.2) is 52.4 Å². The third-order valence-electron chi connectivity index (χ3n) is 7.53. The van der Waals surface area contributed by atoms with Crippen LogP contribution in [0.15, 0.2) is 77.6 Å². The molecule has 1 unspecified atom stereocenters. The van der Waals surface area contributed by atoms with Crippen molar-refractivity contribution in [1.29, 1.82) is 0 Å². The highest BCUT2D eigenvalue weighted by molar-refractivity contribution is 6.17. The van der Waals surface area contributed by atoms with Gasteiger partial charge in [-0.1, -0.05) is 30.3 Å². The van der Waals surface area contributed by atoms with Gasteiger partial charge in [-0.25, -0.2) is 9.37 Å². The third kappa shape index (κ3) is 6.08. The van der Waals surface area contributed by atoms with Gasteiger partial charge in [0.1, 0.15) is 18.2 Å². The van der Waals surface area contributed by atoms with Crippen LogP contribution in [0.1, 0.15) is 65.3 Å². The average molecular weight is 541 g/mol. The molecule has 0 radical (unpaired) electrons. The van der Waals surface area contributed by atoms with Gasteiger partial charge in [-0.3, -0.25) is 19.5 Å². The quantitative estimate of drug-likeness (QED) is 0.390. The van der Waals surface area contributed by atoms with Crippen molar-refractivity contribution in [2.75, 3.05) is 25.5 Å². The van der Waals surface area contributed by atoms with Crippen molar-refractivity contribution in [3.63, 3.8) is 0 Å². The molecule has 0 aliphatic carbocycles. The van der Waals surface area contributed by atoms with Crippen LogP contribution in [0.25, 0.3) is 0 Å². The molecule has 40 heavy (non-hydrogen) atoms. The minimum Gasteiger partial charge on any atom is -0.386 e. The number of ketones is 2. The summed E-state index contributed by atoms with van der Waals surface area (Å²) in [5.41, 5.74) is 2.99. The van der Waals surface area contributed by atoms with Crippen LogP contribution < -0.4 is 5.32 Å². The Morgan fingerprint density at radius 2 is 1.93 bits per heavy atom. The van der Waals surface area contributed by atoms with E-state index in [9.17, 15) is 19.1 Å². The average Bonchev–Trinajstić information content (AvgIpc) is 3.37. The summed E-state index contributed by atoms with van der Waals surface area (Å²) >= 11 is 0. The number of carbonyl (C=O) groups excluding carboxylic acids is 2. The largest absolute Gasteiger partial charge is 0.386 e. The maximum absolute atomic E-state index is 14.7. The second-order valence-electron chi connectivity index (χ2n) is 11.0. The van der Waals surface area contributed by atoms with Crippen molar-refractivity contribution in [2.24, 2.45) is 4.99 Å². The molecule has 0 spiro atoms. The van der Waals surface area contributed by atoms with E-state index in [1.807, 2.05) is 18.3 Å². The van der Waals surface area contributed by atoms with E-state index in [0.29, 0.717) is 40.0 Å². The Morgan fingerprint density at radius 3 is 2.58 bits per heavy atom.